The van der Waals surface area contributed by atoms with Crippen LogP contribution in [0.15, 0.2) is 0 Å². The summed E-state index contributed by atoms with van der Waals surface area (Å²) < 4.78 is 5.32. The number of β-amino-alcohol motifs (C(OH)–C–C–N with tert-alkyl or cyclic N) is 1. The van der Waals surface area contributed by atoms with Crippen LogP contribution in [0.2, 0.25) is 0 Å². The van der Waals surface area contributed by atoms with Crippen molar-refractivity contribution in [2.45, 2.75) is 51.0 Å². The van der Waals surface area contributed by atoms with E-state index in [-0.39, 0.29) is 30.5 Å². The first-order valence-electron chi connectivity index (χ1n) is 6.78. The number of methoxy groups -OCH3 is 1. The maximum Gasteiger partial charge on any atom is 0.326 e. The first kappa shape index (κ1) is 15.1. The summed E-state index contributed by atoms with van der Waals surface area (Å²) in [5.74, 6) is -1.08. The van der Waals surface area contributed by atoms with E-state index in [1.54, 1.807) is 7.11 Å². The zero-order valence-electron chi connectivity index (χ0n) is 12.0. The van der Waals surface area contributed by atoms with Crippen molar-refractivity contribution < 1.29 is 24.5 Å². The van der Waals surface area contributed by atoms with Gasteiger partial charge in [0.1, 0.15) is 6.04 Å². The number of urea groups is 1. The predicted octanol–water partition coefficient (Wildman–Crippen LogP) is 0.0293. The Morgan fingerprint density at radius 1 is 1.35 bits per heavy atom. The monoisotopic (exact) mass is 286 g/mol. The summed E-state index contributed by atoms with van der Waals surface area (Å²) in [5, 5.41) is 21.5. The zero-order valence-corrected chi connectivity index (χ0v) is 12.0. The average Bonchev–Trinajstić information content (AvgIpc) is 2.76. The number of carbonyl (C=O) groups excluding carboxylic acids is 1. The summed E-state index contributed by atoms with van der Waals surface area (Å²) in [6, 6.07) is -1.43. The fourth-order valence-electron chi connectivity index (χ4n) is 3.03. The molecule has 0 bridgehead atoms. The molecule has 0 aromatic rings. The Kier molecular flexibility index (Phi) is 3.93. The van der Waals surface area contributed by atoms with Crippen molar-refractivity contribution in [1.29, 1.82) is 0 Å². The topological polar surface area (TPSA) is 99.1 Å². The van der Waals surface area contributed by atoms with Crippen molar-refractivity contribution in [1.82, 2.24) is 10.2 Å². The van der Waals surface area contributed by atoms with Gasteiger partial charge in [0.2, 0.25) is 0 Å². The molecule has 1 heterocycles. The molecule has 114 valence electrons. The van der Waals surface area contributed by atoms with Crippen LogP contribution in [0.25, 0.3) is 0 Å². The molecule has 2 amide bonds. The highest BCUT2D eigenvalue weighted by Gasteiger charge is 2.50. The van der Waals surface area contributed by atoms with Crippen LogP contribution in [0.4, 0.5) is 4.79 Å². The summed E-state index contributed by atoms with van der Waals surface area (Å²) in [6.45, 7) is 4.07. The number of nitrogens with zero attached hydrogens (tertiary/aromatic N) is 1. The molecule has 0 radical (unpaired) electrons. The van der Waals surface area contributed by atoms with Gasteiger partial charge >= 0.3 is 12.0 Å². The van der Waals surface area contributed by atoms with E-state index in [0.29, 0.717) is 6.42 Å². The number of carbonyl (C=O) groups is 2. The second-order valence-corrected chi connectivity index (χ2v) is 6.18. The van der Waals surface area contributed by atoms with Gasteiger partial charge < -0.3 is 25.2 Å². The van der Waals surface area contributed by atoms with E-state index in [1.807, 2.05) is 13.8 Å². The smallest absolute Gasteiger partial charge is 0.326 e. The molecule has 0 spiro atoms. The summed E-state index contributed by atoms with van der Waals surface area (Å²) >= 11 is 0. The number of rotatable bonds is 3. The van der Waals surface area contributed by atoms with Gasteiger partial charge in [-0.1, -0.05) is 13.8 Å². The molecule has 0 aromatic carbocycles. The van der Waals surface area contributed by atoms with Gasteiger partial charge in [-0.3, -0.25) is 0 Å². The Morgan fingerprint density at radius 3 is 2.50 bits per heavy atom. The van der Waals surface area contributed by atoms with Gasteiger partial charge in [-0.15, -0.1) is 0 Å². The van der Waals surface area contributed by atoms with Crippen LogP contribution < -0.4 is 5.32 Å². The van der Waals surface area contributed by atoms with E-state index < -0.39 is 24.1 Å². The van der Waals surface area contributed by atoms with Crippen molar-refractivity contribution in [3.63, 3.8) is 0 Å². The predicted molar refractivity (Wildman–Crippen MR) is 70.3 cm³/mol. The highest BCUT2D eigenvalue weighted by Crippen LogP contribution is 2.42. The van der Waals surface area contributed by atoms with Crippen LogP contribution in [0.5, 0.6) is 0 Å². The van der Waals surface area contributed by atoms with Crippen LogP contribution in [-0.4, -0.2) is 65.1 Å². The molecule has 7 nitrogen and oxygen atoms in total. The summed E-state index contributed by atoms with van der Waals surface area (Å²) in [6.07, 6.45) is 0.108. The van der Waals surface area contributed by atoms with E-state index in [4.69, 9.17) is 9.84 Å². The summed E-state index contributed by atoms with van der Waals surface area (Å²) in [5.41, 5.74) is -0.179. The van der Waals surface area contributed by atoms with E-state index in [9.17, 15) is 14.7 Å². The van der Waals surface area contributed by atoms with E-state index in [2.05, 4.69) is 5.32 Å². The lowest BCUT2D eigenvalue weighted by Crippen LogP contribution is -2.63. The second-order valence-electron chi connectivity index (χ2n) is 6.18. The number of aliphatic hydroxyl groups excluding tert-OH is 1. The average molecular weight is 286 g/mol. The number of ether oxygens (including phenoxy) is 1. The van der Waals surface area contributed by atoms with Crippen LogP contribution in [0.1, 0.15) is 26.7 Å². The van der Waals surface area contributed by atoms with Crippen LogP contribution in [0, 0.1) is 5.41 Å². The molecule has 1 aliphatic carbocycles. The molecule has 1 saturated heterocycles. The molecule has 20 heavy (non-hydrogen) atoms. The first-order valence-corrected chi connectivity index (χ1v) is 6.78. The molecule has 1 saturated carbocycles. The van der Waals surface area contributed by atoms with Gasteiger partial charge in [0.25, 0.3) is 0 Å². The highest BCUT2D eigenvalue weighted by atomic mass is 16.5. The Labute approximate surface area is 117 Å². The molecule has 0 aromatic heterocycles. The molecular weight excluding hydrogens is 264 g/mol. The number of likely N-dealkylation sites (tertiary alicyclic amines) is 1. The number of hydrogen-bond donors (Lipinski definition) is 3. The molecule has 2 fully saturated rings. The maximum atomic E-state index is 12.2. The second kappa shape index (κ2) is 5.21. The number of aliphatic hydroxyl groups is 1. The quantitative estimate of drug-likeness (QED) is 0.680. The minimum atomic E-state index is -1.08. The molecular formula is C13H22N2O5. The van der Waals surface area contributed by atoms with Crippen LogP contribution in [-0.2, 0) is 9.53 Å². The molecule has 3 N–H and O–H groups in total. The number of carboxylic acids is 1. The number of amides is 2. The van der Waals surface area contributed by atoms with Gasteiger partial charge in [-0.2, -0.15) is 0 Å². The maximum absolute atomic E-state index is 12.2. The fraction of sp³-hybridized carbons (Fsp3) is 0.846. The summed E-state index contributed by atoms with van der Waals surface area (Å²) in [7, 11) is 1.64. The van der Waals surface area contributed by atoms with Crippen molar-refractivity contribution in [2.24, 2.45) is 5.41 Å². The SMILES string of the molecule is COC1CC(NC(=O)N2C[C@H](O)C[C@@H]2C(=O)O)C1(C)C. The molecule has 1 aliphatic heterocycles. The minimum Gasteiger partial charge on any atom is -0.480 e. The Morgan fingerprint density at radius 2 is 2.00 bits per heavy atom. The van der Waals surface area contributed by atoms with Crippen molar-refractivity contribution in [2.75, 3.05) is 13.7 Å². The van der Waals surface area contributed by atoms with Gasteiger partial charge in [0.05, 0.1) is 12.2 Å². The molecule has 2 unspecified atom stereocenters. The van der Waals surface area contributed by atoms with Crippen LogP contribution in [0.3, 0.4) is 0 Å². The van der Waals surface area contributed by atoms with Gasteiger partial charge in [-0.05, 0) is 6.42 Å². The van der Waals surface area contributed by atoms with Crippen molar-refractivity contribution in [3.8, 4) is 0 Å². The number of carboxylic acid groups (broad SMARTS) is 1. The molecule has 2 rings (SSSR count). The fourth-order valence-corrected chi connectivity index (χ4v) is 3.03. The molecule has 4 atom stereocenters. The third-order valence-electron chi connectivity index (χ3n) is 4.58. The highest BCUT2D eigenvalue weighted by molar-refractivity contribution is 5.83. The van der Waals surface area contributed by atoms with E-state index in [1.165, 1.54) is 4.90 Å². The third-order valence-corrected chi connectivity index (χ3v) is 4.58. The lowest BCUT2D eigenvalue weighted by atomic mass is 9.64. The number of aliphatic carboxylic acids is 1. The van der Waals surface area contributed by atoms with E-state index in [0.717, 1.165) is 0 Å². The number of nitrogens with one attached hydrogen (secondary N) is 1. The lowest BCUT2D eigenvalue weighted by Gasteiger charge is -2.51. The van der Waals surface area contributed by atoms with Gasteiger partial charge in [-0.25, -0.2) is 9.59 Å². The van der Waals surface area contributed by atoms with Crippen molar-refractivity contribution in [3.05, 3.63) is 0 Å². The van der Waals surface area contributed by atoms with E-state index >= 15 is 0 Å². The van der Waals surface area contributed by atoms with Gasteiger partial charge in [0.15, 0.2) is 0 Å². The van der Waals surface area contributed by atoms with Crippen LogP contribution >= 0.6 is 0 Å². The third kappa shape index (κ3) is 2.47. The normalized spacial score (nSPS) is 35.5. The van der Waals surface area contributed by atoms with Crippen molar-refractivity contribution >= 4 is 12.0 Å². The molecule has 2 aliphatic rings. The minimum absolute atomic E-state index is 0.0489. The molecule has 7 heteroatoms. The first-order chi connectivity index (χ1) is 9.27. The Balaban J connectivity index is 1.97. The largest absolute Gasteiger partial charge is 0.480 e. The van der Waals surface area contributed by atoms with Gasteiger partial charge in [0, 0.05) is 31.5 Å². The zero-order chi connectivity index (χ0) is 15.1. The summed E-state index contributed by atoms with van der Waals surface area (Å²) in [4.78, 5) is 24.5. The number of hydrogen-bond acceptors (Lipinski definition) is 4. The standard InChI is InChI=1S/C13H22N2O5/c1-13(2)9(5-10(13)20-3)14-12(19)15-6-7(16)4-8(15)11(17)18/h7-10,16H,4-6H2,1-3H3,(H,14,19)(H,17,18)/t7-,8-,9?,10?/m1/s1. The lowest BCUT2D eigenvalue weighted by molar-refractivity contribution is -0.141. The Bertz CT molecular complexity index is 412. The Hall–Kier alpha value is -1.34.